The average Bonchev–Trinajstić information content (AvgIpc) is 2.58. The highest BCUT2D eigenvalue weighted by Gasteiger charge is 2.07. The number of hydrogen-bond acceptors (Lipinski definition) is 4. The van der Waals surface area contributed by atoms with Gasteiger partial charge in [-0.25, -0.2) is 4.79 Å². The first-order valence-corrected chi connectivity index (χ1v) is 4.97. The van der Waals surface area contributed by atoms with Crippen LogP contribution in [0.1, 0.15) is 26.7 Å². The molecule has 1 aliphatic heterocycles. The molecule has 80 valence electrons. The van der Waals surface area contributed by atoms with Gasteiger partial charge in [-0.2, -0.15) is 0 Å². The molecule has 1 amide bonds. The summed E-state index contributed by atoms with van der Waals surface area (Å²) in [5, 5.41) is 1.89. The summed E-state index contributed by atoms with van der Waals surface area (Å²) in [7, 11) is 0. The van der Waals surface area contributed by atoms with Crippen molar-refractivity contribution in [3.8, 4) is 0 Å². The van der Waals surface area contributed by atoms with E-state index in [0.29, 0.717) is 12.7 Å². The van der Waals surface area contributed by atoms with Crippen molar-refractivity contribution in [1.82, 2.24) is 0 Å². The molecule has 0 N–H and O–H groups in total. The molecule has 5 heteroatoms. The molecule has 0 bridgehead atoms. The van der Waals surface area contributed by atoms with Crippen LogP contribution in [0.5, 0.6) is 0 Å². The second-order valence-electron chi connectivity index (χ2n) is 2.73. The van der Waals surface area contributed by atoms with Crippen LogP contribution in [-0.2, 0) is 9.47 Å². The number of carbonyl (C=O) groups is 1. The van der Waals surface area contributed by atoms with E-state index in [1.54, 1.807) is 6.92 Å². The van der Waals surface area contributed by atoms with Crippen molar-refractivity contribution in [1.29, 1.82) is 0 Å². The fourth-order valence-corrected chi connectivity index (χ4v) is 1.01. The predicted octanol–water partition coefficient (Wildman–Crippen LogP) is 2.43. The molecule has 1 aliphatic rings. The van der Waals surface area contributed by atoms with Crippen LogP contribution in [0.15, 0.2) is 4.99 Å². The van der Waals surface area contributed by atoms with Gasteiger partial charge in [-0.1, -0.05) is 0 Å². The molecule has 0 aliphatic carbocycles. The Kier molecular flexibility index (Phi) is 8.33. The molecule has 0 spiro atoms. The lowest BCUT2D eigenvalue weighted by atomic mass is 10.3. The van der Waals surface area contributed by atoms with Crippen LogP contribution >= 0.6 is 12.2 Å². The van der Waals surface area contributed by atoms with Gasteiger partial charge in [0.1, 0.15) is 0 Å². The zero-order valence-corrected chi connectivity index (χ0v) is 9.30. The SMILES string of the molecule is CC1CCCO1.CCOC(=O)N=C=S. The fourth-order valence-electron chi connectivity index (χ4n) is 0.932. The van der Waals surface area contributed by atoms with Gasteiger partial charge in [-0.15, -0.1) is 4.99 Å². The van der Waals surface area contributed by atoms with Crippen LogP contribution in [0.25, 0.3) is 0 Å². The topological polar surface area (TPSA) is 47.9 Å². The molecule has 1 fully saturated rings. The van der Waals surface area contributed by atoms with Gasteiger partial charge >= 0.3 is 6.09 Å². The van der Waals surface area contributed by atoms with E-state index in [2.05, 4.69) is 28.9 Å². The highest BCUT2D eigenvalue weighted by atomic mass is 32.1. The van der Waals surface area contributed by atoms with Crippen LogP contribution in [-0.4, -0.2) is 30.6 Å². The molecular weight excluding hydrogens is 202 g/mol. The summed E-state index contributed by atoms with van der Waals surface area (Å²) in [6, 6.07) is 0. The van der Waals surface area contributed by atoms with E-state index in [9.17, 15) is 4.79 Å². The first-order chi connectivity index (χ1) is 6.70. The Morgan fingerprint density at radius 3 is 2.79 bits per heavy atom. The summed E-state index contributed by atoms with van der Waals surface area (Å²) < 4.78 is 9.50. The number of isothiocyanates is 1. The molecule has 1 rings (SSSR count). The Bertz CT molecular complexity index is 208. The molecule has 14 heavy (non-hydrogen) atoms. The molecule has 1 unspecified atom stereocenters. The summed E-state index contributed by atoms with van der Waals surface area (Å²) in [5.74, 6) is 0. The number of aliphatic imine (C=N–C) groups is 1. The van der Waals surface area contributed by atoms with E-state index in [-0.39, 0.29) is 0 Å². The minimum atomic E-state index is -0.678. The average molecular weight is 217 g/mol. The number of carbonyl (C=O) groups excluding carboxylic acids is 1. The van der Waals surface area contributed by atoms with Gasteiger partial charge in [-0.05, 0) is 38.9 Å². The summed E-state index contributed by atoms with van der Waals surface area (Å²) in [5.41, 5.74) is 0. The molecule has 0 aromatic rings. The quantitative estimate of drug-likeness (QED) is 0.500. The monoisotopic (exact) mass is 217 g/mol. The van der Waals surface area contributed by atoms with E-state index >= 15 is 0 Å². The van der Waals surface area contributed by atoms with Crippen molar-refractivity contribution in [2.75, 3.05) is 13.2 Å². The van der Waals surface area contributed by atoms with Gasteiger partial charge in [0.2, 0.25) is 0 Å². The van der Waals surface area contributed by atoms with E-state index < -0.39 is 6.09 Å². The number of thiocarbonyl (C=S) groups is 1. The van der Waals surface area contributed by atoms with Crippen LogP contribution < -0.4 is 0 Å². The number of amides is 1. The van der Waals surface area contributed by atoms with Gasteiger partial charge in [-0.3, -0.25) is 0 Å². The second kappa shape index (κ2) is 8.81. The van der Waals surface area contributed by atoms with Crippen molar-refractivity contribution in [2.24, 2.45) is 4.99 Å². The summed E-state index contributed by atoms with van der Waals surface area (Å²) in [4.78, 5) is 13.1. The van der Waals surface area contributed by atoms with Crippen LogP contribution in [0.3, 0.4) is 0 Å². The summed E-state index contributed by atoms with van der Waals surface area (Å²) in [6.07, 6.45) is 2.40. The highest BCUT2D eigenvalue weighted by Crippen LogP contribution is 2.09. The van der Waals surface area contributed by atoms with Crippen molar-refractivity contribution in [3.05, 3.63) is 0 Å². The van der Waals surface area contributed by atoms with Crippen molar-refractivity contribution >= 4 is 23.5 Å². The van der Waals surface area contributed by atoms with E-state index in [0.717, 1.165) is 6.61 Å². The molecule has 1 saturated heterocycles. The van der Waals surface area contributed by atoms with Gasteiger partial charge in [0.15, 0.2) is 0 Å². The van der Waals surface area contributed by atoms with Crippen LogP contribution in [0, 0.1) is 0 Å². The van der Waals surface area contributed by atoms with E-state index in [1.165, 1.54) is 12.8 Å². The van der Waals surface area contributed by atoms with E-state index in [1.807, 2.05) is 5.16 Å². The zero-order chi connectivity index (χ0) is 10.8. The Morgan fingerprint density at radius 2 is 2.50 bits per heavy atom. The van der Waals surface area contributed by atoms with Crippen molar-refractivity contribution in [2.45, 2.75) is 32.8 Å². The lowest BCUT2D eigenvalue weighted by Crippen LogP contribution is -1.95. The first kappa shape index (κ1) is 13.2. The lowest BCUT2D eigenvalue weighted by Gasteiger charge is -1.94. The second-order valence-corrected chi connectivity index (χ2v) is 2.91. The third kappa shape index (κ3) is 7.86. The maximum absolute atomic E-state index is 10.1. The van der Waals surface area contributed by atoms with Crippen molar-refractivity contribution in [3.63, 3.8) is 0 Å². The molecule has 4 nitrogen and oxygen atoms in total. The van der Waals surface area contributed by atoms with Gasteiger partial charge < -0.3 is 9.47 Å². The number of rotatable bonds is 1. The molecule has 1 heterocycles. The maximum Gasteiger partial charge on any atom is 0.442 e. The standard InChI is InChI=1S/C5H10O.C4H5NO2S/c1-5-3-2-4-6-5;1-2-7-4(6)5-3-8/h5H,2-4H2,1H3;2H2,1H3. The fraction of sp³-hybridized carbons (Fsp3) is 0.778. The summed E-state index contributed by atoms with van der Waals surface area (Å²) >= 11 is 4.12. The smallest absolute Gasteiger partial charge is 0.442 e. The molecule has 0 saturated carbocycles. The minimum absolute atomic E-state index is 0.319. The third-order valence-electron chi connectivity index (χ3n) is 1.56. The van der Waals surface area contributed by atoms with E-state index in [4.69, 9.17) is 4.74 Å². The largest absolute Gasteiger partial charge is 0.448 e. The molecule has 0 radical (unpaired) electrons. The Balaban J connectivity index is 0.000000249. The first-order valence-electron chi connectivity index (χ1n) is 4.57. The normalized spacial score (nSPS) is 18.9. The Hall–Kier alpha value is -0.770. The number of nitrogens with zero attached hydrogens (tertiary/aromatic N) is 1. The minimum Gasteiger partial charge on any atom is -0.448 e. The van der Waals surface area contributed by atoms with Gasteiger partial charge in [0.25, 0.3) is 0 Å². The van der Waals surface area contributed by atoms with Gasteiger partial charge in [0, 0.05) is 6.61 Å². The Morgan fingerprint density at radius 1 is 1.79 bits per heavy atom. The van der Waals surface area contributed by atoms with Crippen molar-refractivity contribution < 1.29 is 14.3 Å². The number of hydrogen-bond donors (Lipinski definition) is 0. The van der Waals surface area contributed by atoms with Crippen LogP contribution in [0.4, 0.5) is 4.79 Å². The predicted molar refractivity (Wildman–Crippen MR) is 56.7 cm³/mol. The molecular formula is C9H15NO3S. The summed E-state index contributed by atoms with van der Waals surface area (Å²) in [6.45, 7) is 5.12. The molecule has 0 aromatic heterocycles. The van der Waals surface area contributed by atoms with Gasteiger partial charge in [0.05, 0.1) is 17.9 Å². The Labute approximate surface area is 89.3 Å². The molecule has 1 atom stereocenters. The van der Waals surface area contributed by atoms with Crippen LogP contribution in [0.2, 0.25) is 0 Å². The third-order valence-corrected chi connectivity index (χ3v) is 1.65. The number of ether oxygens (including phenoxy) is 2. The highest BCUT2D eigenvalue weighted by molar-refractivity contribution is 7.78. The molecule has 0 aromatic carbocycles. The lowest BCUT2D eigenvalue weighted by molar-refractivity contribution is 0.125. The zero-order valence-electron chi connectivity index (χ0n) is 8.49. The maximum atomic E-state index is 10.1.